The highest BCUT2D eigenvalue weighted by atomic mass is 32.1. The quantitative estimate of drug-likeness (QED) is 0.431. The van der Waals surface area contributed by atoms with Crippen LogP contribution >= 0.6 is 22.7 Å². The fraction of sp³-hybridized carbons (Fsp3) is 0.100. The summed E-state index contributed by atoms with van der Waals surface area (Å²) in [6, 6.07) is 16.9. The lowest BCUT2D eigenvalue weighted by atomic mass is 10.1. The molecule has 2 aliphatic rings. The zero-order valence-electron chi connectivity index (χ0n) is 13.4. The molecule has 4 heteroatoms. The lowest BCUT2D eigenvalue weighted by molar-refractivity contribution is 0.418. The fourth-order valence-corrected chi connectivity index (χ4v) is 4.78. The Labute approximate surface area is 149 Å². The van der Waals surface area contributed by atoms with Crippen LogP contribution in [0.4, 0.5) is 0 Å². The third-order valence-corrected chi connectivity index (χ3v) is 5.95. The summed E-state index contributed by atoms with van der Waals surface area (Å²) >= 11 is 3.41. The molecule has 2 nitrogen and oxygen atoms in total. The van der Waals surface area contributed by atoms with Gasteiger partial charge in [0.2, 0.25) is 0 Å². The molecule has 0 aromatic carbocycles. The van der Waals surface area contributed by atoms with Crippen LogP contribution in [0.15, 0.2) is 59.3 Å². The van der Waals surface area contributed by atoms with E-state index in [-0.39, 0.29) is 0 Å². The van der Waals surface area contributed by atoms with Gasteiger partial charge in [-0.05, 0) is 40.1 Å². The first kappa shape index (κ1) is 15.2. The van der Waals surface area contributed by atoms with E-state index in [4.69, 9.17) is 9.47 Å². The Bertz CT molecular complexity index is 878. The Morgan fingerprint density at radius 2 is 1.12 bits per heavy atom. The smallest absolute Gasteiger partial charge is 0.137 e. The molecule has 2 aliphatic carbocycles. The molecule has 0 atom stereocenters. The van der Waals surface area contributed by atoms with Crippen molar-refractivity contribution in [3.63, 3.8) is 0 Å². The molecular formula is C20H16O2S2. The summed E-state index contributed by atoms with van der Waals surface area (Å²) in [6.45, 7) is 0. The normalized spacial score (nSPS) is 10.9. The van der Waals surface area contributed by atoms with Gasteiger partial charge in [0.1, 0.15) is 11.5 Å². The third kappa shape index (κ3) is 2.39. The maximum absolute atomic E-state index is 5.55. The van der Waals surface area contributed by atoms with Crippen molar-refractivity contribution in [2.24, 2.45) is 0 Å². The van der Waals surface area contributed by atoms with Gasteiger partial charge >= 0.3 is 0 Å². The summed E-state index contributed by atoms with van der Waals surface area (Å²) in [5.41, 5.74) is 4.87. The molecule has 0 unspecified atom stereocenters. The molecule has 2 aromatic rings. The molecule has 24 heavy (non-hydrogen) atoms. The summed E-state index contributed by atoms with van der Waals surface area (Å²) in [7, 11) is 3.44. The topological polar surface area (TPSA) is 18.5 Å². The molecule has 0 saturated carbocycles. The van der Waals surface area contributed by atoms with Gasteiger partial charge in [-0.15, -0.1) is 22.7 Å². The van der Waals surface area contributed by atoms with E-state index in [1.807, 2.05) is 12.1 Å². The van der Waals surface area contributed by atoms with Gasteiger partial charge in [0, 0.05) is 11.1 Å². The van der Waals surface area contributed by atoms with Crippen molar-refractivity contribution in [2.45, 2.75) is 0 Å². The predicted octanol–water partition coefficient (Wildman–Crippen LogP) is 6.27. The number of hydrogen-bond acceptors (Lipinski definition) is 4. The SMILES string of the molecule is COc1ccsc1-c1cc(-c2sccc2OC)c2cccccc1-2. The van der Waals surface area contributed by atoms with Crippen LogP contribution in [0, 0.1) is 0 Å². The number of rotatable bonds is 4. The monoisotopic (exact) mass is 352 g/mol. The van der Waals surface area contributed by atoms with Crippen molar-refractivity contribution in [2.75, 3.05) is 14.2 Å². The number of hydrogen-bond donors (Lipinski definition) is 0. The van der Waals surface area contributed by atoms with Gasteiger partial charge in [0.25, 0.3) is 0 Å². The van der Waals surface area contributed by atoms with E-state index < -0.39 is 0 Å². The minimum Gasteiger partial charge on any atom is -0.495 e. The summed E-state index contributed by atoms with van der Waals surface area (Å²) < 4.78 is 11.1. The van der Waals surface area contributed by atoms with Crippen LogP contribution in [-0.2, 0) is 0 Å². The van der Waals surface area contributed by atoms with E-state index in [9.17, 15) is 0 Å². The van der Waals surface area contributed by atoms with Crippen molar-refractivity contribution in [3.05, 3.63) is 59.3 Å². The van der Waals surface area contributed by atoms with Crippen LogP contribution < -0.4 is 9.47 Å². The van der Waals surface area contributed by atoms with Crippen LogP contribution in [0.1, 0.15) is 0 Å². The summed E-state index contributed by atoms with van der Waals surface area (Å²) in [4.78, 5) is 2.32. The second-order valence-corrected chi connectivity index (χ2v) is 7.18. The Morgan fingerprint density at radius 3 is 1.58 bits per heavy atom. The zero-order valence-corrected chi connectivity index (χ0v) is 15.0. The molecule has 4 rings (SSSR count). The number of thiophene rings is 2. The molecular weight excluding hydrogens is 336 g/mol. The van der Waals surface area contributed by atoms with Crippen molar-refractivity contribution in [1.82, 2.24) is 0 Å². The van der Waals surface area contributed by atoms with Crippen LogP contribution in [-0.4, -0.2) is 14.2 Å². The highest BCUT2D eigenvalue weighted by Gasteiger charge is 2.22. The predicted molar refractivity (Wildman–Crippen MR) is 103 cm³/mol. The van der Waals surface area contributed by atoms with Gasteiger partial charge in [-0.3, -0.25) is 0 Å². The van der Waals surface area contributed by atoms with E-state index >= 15 is 0 Å². The third-order valence-electron chi connectivity index (χ3n) is 4.09. The molecule has 0 bridgehead atoms. The first-order valence-electron chi connectivity index (χ1n) is 7.59. The van der Waals surface area contributed by atoms with Crippen LogP contribution in [0.5, 0.6) is 11.5 Å². The molecule has 0 radical (unpaired) electrons. The fourth-order valence-electron chi connectivity index (χ4n) is 3.00. The lowest BCUT2D eigenvalue weighted by Gasteiger charge is -2.04. The van der Waals surface area contributed by atoms with E-state index in [2.05, 4.69) is 47.2 Å². The summed E-state index contributed by atoms with van der Waals surface area (Å²) in [6.07, 6.45) is 0. The van der Waals surface area contributed by atoms with Crippen molar-refractivity contribution >= 4 is 22.7 Å². The number of methoxy groups -OCH3 is 2. The first-order valence-corrected chi connectivity index (χ1v) is 9.35. The zero-order chi connectivity index (χ0) is 16.5. The Kier molecular flexibility index (Phi) is 4.00. The van der Waals surface area contributed by atoms with Crippen LogP contribution in [0.3, 0.4) is 0 Å². The number of ether oxygens (including phenoxy) is 2. The first-order chi connectivity index (χ1) is 11.8. The minimum atomic E-state index is 0.920. The lowest BCUT2D eigenvalue weighted by Crippen LogP contribution is -1.82. The van der Waals surface area contributed by atoms with Crippen LogP contribution in [0.25, 0.3) is 32.0 Å². The molecule has 0 aliphatic heterocycles. The highest BCUT2D eigenvalue weighted by Crippen LogP contribution is 2.50. The standard InChI is InChI=1S/C20H16O2S2/c1-21-17-8-10-23-19(17)15-12-16(20-18(22-2)9-11-24-20)14-7-5-3-4-6-13(14)15/h3-12H,1-2H3. The van der Waals surface area contributed by atoms with E-state index in [1.54, 1.807) is 36.9 Å². The van der Waals surface area contributed by atoms with Gasteiger partial charge in [-0.1, -0.05) is 30.3 Å². The number of fused-ring (bicyclic) bond motifs is 1. The minimum absolute atomic E-state index is 0.920. The molecule has 120 valence electrons. The Balaban J connectivity index is 2.00. The molecule has 0 fully saturated rings. The summed E-state index contributed by atoms with van der Waals surface area (Å²) in [5.74, 6) is 1.84. The van der Waals surface area contributed by atoms with Gasteiger partial charge in [0.15, 0.2) is 0 Å². The van der Waals surface area contributed by atoms with Gasteiger partial charge in [-0.2, -0.15) is 0 Å². The highest BCUT2D eigenvalue weighted by molar-refractivity contribution is 7.14. The maximum Gasteiger partial charge on any atom is 0.137 e. The molecule has 0 spiro atoms. The Hall–Kier alpha value is -2.30. The van der Waals surface area contributed by atoms with E-state index in [0.29, 0.717) is 0 Å². The van der Waals surface area contributed by atoms with Crippen molar-refractivity contribution < 1.29 is 9.47 Å². The van der Waals surface area contributed by atoms with Crippen molar-refractivity contribution in [1.29, 1.82) is 0 Å². The largest absolute Gasteiger partial charge is 0.495 e. The molecule has 0 saturated heterocycles. The van der Waals surface area contributed by atoms with Gasteiger partial charge in [0.05, 0.1) is 24.0 Å². The Morgan fingerprint density at radius 1 is 0.625 bits per heavy atom. The molecule has 0 amide bonds. The van der Waals surface area contributed by atoms with Crippen LogP contribution in [0.2, 0.25) is 0 Å². The molecule has 2 heterocycles. The van der Waals surface area contributed by atoms with E-state index in [1.165, 1.54) is 22.3 Å². The second kappa shape index (κ2) is 6.30. The summed E-state index contributed by atoms with van der Waals surface area (Å²) in [5, 5.41) is 4.14. The average Bonchev–Trinajstić information content (AvgIpc) is 3.28. The molecule has 0 N–H and O–H groups in total. The average molecular weight is 352 g/mol. The second-order valence-electron chi connectivity index (χ2n) is 5.35. The van der Waals surface area contributed by atoms with Gasteiger partial charge < -0.3 is 9.47 Å². The van der Waals surface area contributed by atoms with Gasteiger partial charge in [-0.25, -0.2) is 0 Å². The molecule has 2 aromatic heterocycles. The maximum atomic E-state index is 5.55. The van der Waals surface area contributed by atoms with Crippen molar-refractivity contribution in [3.8, 4) is 43.5 Å². The van der Waals surface area contributed by atoms with E-state index in [0.717, 1.165) is 21.3 Å².